The molecule has 2 heterocycles. The lowest BCUT2D eigenvalue weighted by atomic mass is 10.0. The number of thioether (sulfide) groups is 1. The fraction of sp³-hybridized carbons (Fsp3) is 0.188. The molecule has 3 nitrogen and oxygen atoms in total. The van der Waals surface area contributed by atoms with Crippen molar-refractivity contribution in [3.8, 4) is 11.1 Å². The maximum atomic E-state index is 14.4. The van der Waals surface area contributed by atoms with E-state index >= 15 is 0 Å². The topological polar surface area (TPSA) is 29.9 Å². The van der Waals surface area contributed by atoms with Gasteiger partial charge in [-0.3, -0.25) is 0 Å². The Balaban J connectivity index is 1.89. The van der Waals surface area contributed by atoms with Crippen LogP contribution in [-0.4, -0.2) is 22.4 Å². The molecular formula is C16H14FN3S. The summed E-state index contributed by atoms with van der Waals surface area (Å²) in [5, 5.41) is 3.21. The van der Waals surface area contributed by atoms with Crippen LogP contribution >= 0.6 is 11.8 Å². The van der Waals surface area contributed by atoms with Crippen molar-refractivity contribution in [2.45, 2.75) is 11.4 Å². The third kappa shape index (κ3) is 2.00. The Morgan fingerprint density at radius 3 is 2.81 bits per heavy atom. The number of anilines is 1. The predicted molar refractivity (Wildman–Crippen MR) is 85.4 cm³/mol. The van der Waals surface area contributed by atoms with Crippen molar-refractivity contribution in [1.82, 2.24) is 9.55 Å². The zero-order valence-corrected chi connectivity index (χ0v) is 12.4. The molecule has 1 N–H and O–H groups in total. The second-order valence-corrected chi connectivity index (χ2v) is 5.94. The van der Waals surface area contributed by atoms with E-state index in [0.717, 1.165) is 30.1 Å². The molecule has 4 rings (SSSR count). The van der Waals surface area contributed by atoms with Crippen molar-refractivity contribution < 1.29 is 4.39 Å². The number of hydrogen-bond donors (Lipinski definition) is 1. The Labute approximate surface area is 126 Å². The van der Waals surface area contributed by atoms with Gasteiger partial charge in [-0.2, -0.15) is 0 Å². The zero-order chi connectivity index (χ0) is 14.4. The lowest BCUT2D eigenvalue weighted by molar-refractivity contribution is 0.632. The van der Waals surface area contributed by atoms with Crippen LogP contribution in [0.3, 0.4) is 0 Å². The number of halogens is 1. The molecule has 2 aromatic carbocycles. The van der Waals surface area contributed by atoms with Gasteiger partial charge in [-0.15, -0.1) is 11.8 Å². The number of rotatable bonds is 2. The van der Waals surface area contributed by atoms with Crippen molar-refractivity contribution in [3.63, 3.8) is 0 Å². The van der Waals surface area contributed by atoms with Crippen LogP contribution in [0.4, 0.5) is 10.3 Å². The third-order valence-corrected chi connectivity index (χ3v) is 4.60. The van der Waals surface area contributed by atoms with Gasteiger partial charge in [0, 0.05) is 29.6 Å². The molecule has 0 saturated carbocycles. The van der Waals surface area contributed by atoms with Crippen LogP contribution in [-0.2, 0) is 6.54 Å². The summed E-state index contributed by atoms with van der Waals surface area (Å²) >= 11 is 1.68. The van der Waals surface area contributed by atoms with Gasteiger partial charge in [-0.05, 0) is 30.0 Å². The van der Waals surface area contributed by atoms with Crippen molar-refractivity contribution in [2.75, 3.05) is 18.1 Å². The summed E-state index contributed by atoms with van der Waals surface area (Å²) in [5.41, 5.74) is 3.22. The maximum absolute atomic E-state index is 14.4. The van der Waals surface area contributed by atoms with Crippen LogP contribution in [0.1, 0.15) is 0 Å². The van der Waals surface area contributed by atoms with E-state index in [1.807, 2.05) is 36.6 Å². The van der Waals surface area contributed by atoms with E-state index in [0.29, 0.717) is 11.1 Å². The van der Waals surface area contributed by atoms with Crippen LogP contribution in [0.25, 0.3) is 22.2 Å². The average Bonchev–Trinajstić information content (AvgIpc) is 3.07. The van der Waals surface area contributed by atoms with Gasteiger partial charge >= 0.3 is 0 Å². The third-order valence-electron chi connectivity index (χ3n) is 3.86. The molecule has 5 heteroatoms. The summed E-state index contributed by atoms with van der Waals surface area (Å²) in [4.78, 5) is 5.60. The molecule has 106 valence electrons. The number of imidazole rings is 1. The van der Waals surface area contributed by atoms with Crippen LogP contribution in [0.5, 0.6) is 0 Å². The average molecular weight is 299 g/mol. The van der Waals surface area contributed by atoms with E-state index in [-0.39, 0.29) is 5.82 Å². The number of fused-ring (bicyclic) bond motifs is 3. The number of hydrogen-bond acceptors (Lipinski definition) is 3. The first-order chi connectivity index (χ1) is 10.3. The fourth-order valence-corrected chi connectivity index (χ4v) is 3.19. The van der Waals surface area contributed by atoms with Gasteiger partial charge in [-0.1, -0.05) is 12.1 Å². The quantitative estimate of drug-likeness (QED) is 0.726. The molecular weight excluding hydrogens is 285 g/mol. The number of nitrogens with zero attached hydrogens (tertiary/aromatic N) is 2. The Hall–Kier alpha value is -2.01. The van der Waals surface area contributed by atoms with Crippen molar-refractivity contribution >= 4 is 28.7 Å². The first kappa shape index (κ1) is 12.7. The molecule has 0 fully saturated rings. The first-order valence-corrected chi connectivity index (χ1v) is 8.07. The van der Waals surface area contributed by atoms with Gasteiger partial charge in [0.1, 0.15) is 5.82 Å². The highest BCUT2D eigenvalue weighted by Crippen LogP contribution is 2.31. The summed E-state index contributed by atoms with van der Waals surface area (Å²) in [6.07, 6.45) is 2.03. The second-order valence-electron chi connectivity index (χ2n) is 5.06. The van der Waals surface area contributed by atoms with E-state index in [1.165, 1.54) is 11.0 Å². The van der Waals surface area contributed by atoms with Crippen molar-refractivity contribution in [3.05, 3.63) is 42.2 Å². The zero-order valence-electron chi connectivity index (χ0n) is 11.6. The largest absolute Gasteiger partial charge is 0.354 e. The molecule has 0 radical (unpaired) electrons. The summed E-state index contributed by atoms with van der Waals surface area (Å²) in [5.74, 6) is 0.607. The highest BCUT2D eigenvalue weighted by molar-refractivity contribution is 7.98. The molecule has 0 unspecified atom stereocenters. The molecule has 21 heavy (non-hydrogen) atoms. The molecule has 0 atom stereocenters. The standard InChI is InChI=1S/C16H14FN3S/c1-21-11-4-2-10(3-5-11)12-8-15-14(9-13(12)17)19-16-18-6-7-20(15)16/h2-5,8-9H,6-7H2,1H3,(H,18,19). The van der Waals surface area contributed by atoms with Gasteiger partial charge in [0.2, 0.25) is 5.95 Å². The van der Waals surface area contributed by atoms with Crippen molar-refractivity contribution in [2.24, 2.45) is 0 Å². The monoisotopic (exact) mass is 299 g/mol. The molecule has 0 spiro atoms. The van der Waals surface area contributed by atoms with Crippen LogP contribution in [0.2, 0.25) is 0 Å². The van der Waals surface area contributed by atoms with Crippen LogP contribution in [0, 0.1) is 5.82 Å². The van der Waals surface area contributed by atoms with E-state index in [1.54, 1.807) is 11.8 Å². The van der Waals surface area contributed by atoms with Gasteiger partial charge in [0.25, 0.3) is 0 Å². The molecule has 0 saturated heterocycles. The number of nitrogens with one attached hydrogen (secondary N) is 1. The Morgan fingerprint density at radius 2 is 2.05 bits per heavy atom. The molecule has 1 aliphatic rings. The smallest absolute Gasteiger partial charge is 0.204 e. The van der Waals surface area contributed by atoms with Crippen LogP contribution < -0.4 is 5.32 Å². The van der Waals surface area contributed by atoms with Crippen LogP contribution in [0.15, 0.2) is 41.3 Å². The van der Waals surface area contributed by atoms with Gasteiger partial charge in [-0.25, -0.2) is 9.37 Å². The summed E-state index contributed by atoms with van der Waals surface area (Å²) in [6.45, 7) is 1.76. The molecule has 0 bridgehead atoms. The Kier molecular flexibility index (Phi) is 2.89. The summed E-state index contributed by atoms with van der Waals surface area (Å²) < 4.78 is 16.5. The van der Waals surface area contributed by atoms with Gasteiger partial charge in [0.05, 0.1) is 11.0 Å². The summed E-state index contributed by atoms with van der Waals surface area (Å²) in [7, 11) is 0. The van der Waals surface area contributed by atoms with Gasteiger partial charge < -0.3 is 9.88 Å². The minimum atomic E-state index is -0.226. The normalized spacial score (nSPS) is 13.4. The summed E-state index contributed by atoms with van der Waals surface area (Å²) in [6, 6.07) is 11.4. The van der Waals surface area contributed by atoms with E-state index in [4.69, 9.17) is 0 Å². The number of benzene rings is 2. The first-order valence-electron chi connectivity index (χ1n) is 6.84. The van der Waals surface area contributed by atoms with Gasteiger partial charge in [0.15, 0.2) is 0 Å². The minimum absolute atomic E-state index is 0.226. The SMILES string of the molecule is CSc1ccc(-c2cc3c(cc2F)nc2n3CCN2)cc1. The highest BCUT2D eigenvalue weighted by Gasteiger charge is 2.18. The lowest BCUT2D eigenvalue weighted by Gasteiger charge is -2.06. The Bertz CT molecular complexity index is 824. The molecule has 0 aliphatic carbocycles. The highest BCUT2D eigenvalue weighted by atomic mass is 32.2. The molecule has 1 aromatic heterocycles. The fourth-order valence-electron chi connectivity index (χ4n) is 2.78. The maximum Gasteiger partial charge on any atom is 0.204 e. The molecule has 0 amide bonds. The lowest BCUT2D eigenvalue weighted by Crippen LogP contribution is -1.95. The van der Waals surface area contributed by atoms with E-state index < -0.39 is 0 Å². The van der Waals surface area contributed by atoms with E-state index in [2.05, 4.69) is 14.9 Å². The second kappa shape index (κ2) is 4.77. The van der Waals surface area contributed by atoms with E-state index in [9.17, 15) is 4.39 Å². The minimum Gasteiger partial charge on any atom is -0.354 e. The van der Waals surface area contributed by atoms with Crippen molar-refractivity contribution in [1.29, 1.82) is 0 Å². The predicted octanol–water partition coefficient (Wildman–Crippen LogP) is 3.99. The molecule has 3 aromatic rings. The molecule has 1 aliphatic heterocycles. The Morgan fingerprint density at radius 1 is 1.24 bits per heavy atom. The number of aromatic nitrogens is 2.